The van der Waals surface area contributed by atoms with Crippen molar-refractivity contribution >= 4 is 33.4 Å². The number of rotatable bonds is 2. The van der Waals surface area contributed by atoms with Gasteiger partial charge in [0.2, 0.25) is 0 Å². The van der Waals surface area contributed by atoms with E-state index in [2.05, 4.69) is 28.2 Å². The highest BCUT2D eigenvalue weighted by Crippen LogP contribution is 2.30. The molecule has 0 aliphatic heterocycles. The van der Waals surface area contributed by atoms with Crippen LogP contribution in [0.1, 0.15) is 43.0 Å². The van der Waals surface area contributed by atoms with E-state index in [0.29, 0.717) is 10.6 Å². The summed E-state index contributed by atoms with van der Waals surface area (Å²) < 4.78 is 0.864. The van der Waals surface area contributed by atoms with Gasteiger partial charge in [0.05, 0.1) is 10.6 Å². The van der Waals surface area contributed by atoms with Crippen LogP contribution in [0.25, 0.3) is 0 Å². The van der Waals surface area contributed by atoms with Crippen molar-refractivity contribution < 1.29 is 4.79 Å². The summed E-state index contributed by atoms with van der Waals surface area (Å²) in [6.07, 6.45) is 4.46. The number of carbonyl (C=O) groups excluding carboxylic acids is 1. The first kappa shape index (κ1) is 12.9. The number of carbonyl (C=O) groups is 1. The lowest BCUT2D eigenvalue weighted by molar-refractivity contribution is 0.0908. The maximum atomic E-state index is 12.2. The van der Waals surface area contributed by atoms with Gasteiger partial charge in [-0.25, -0.2) is 0 Å². The molecule has 1 amide bonds. The fourth-order valence-electron chi connectivity index (χ4n) is 2.29. The van der Waals surface area contributed by atoms with Gasteiger partial charge in [-0.2, -0.15) is 0 Å². The number of halogens is 2. The molecule has 0 spiro atoms. The van der Waals surface area contributed by atoms with E-state index in [-0.39, 0.29) is 11.4 Å². The van der Waals surface area contributed by atoms with Crippen molar-refractivity contribution in [3.8, 4) is 0 Å². The van der Waals surface area contributed by atoms with E-state index in [1.54, 1.807) is 12.1 Å². The van der Waals surface area contributed by atoms with Crippen LogP contribution in [-0.4, -0.2) is 11.4 Å². The van der Waals surface area contributed by atoms with Crippen LogP contribution < -0.4 is 5.32 Å². The lowest BCUT2D eigenvalue weighted by atomic mass is 10.00. The Bertz CT molecular complexity index is 441. The zero-order chi connectivity index (χ0) is 12.5. The standard InChI is InChI=1S/C13H15BrClNO/c1-13(6-2-3-7-13)16-12(17)10-8-9(14)4-5-11(10)15/h4-5,8H,2-3,6-7H2,1H3,(H,16,17). The fraction of sp³-hybridized carbons (Fsp3) is 0.462. The normalized spacial score (nSPS) is 18.1. The Balaban J connectivity index is 2.17. The van der Waals surface area contributed by atoms with E-state index in [9.17, 15) is 4.79 Å². The summed E-state index contributed by atoms with van der Waals surface area (Å²) >= 11 is 9.39. The topological polar surface area (TPSA) is 29.1 Å². The van der Waals surface area contributed by atoms with Crippen molar-refractivity contribution in [2.45, 2.75) is 38.1 Å². The van der Waals surface area contributed by atoms with Crippen LogP contribution in [0.4, 0.5) is 0 Å². The fourth-order valence-corrected chi connectivity index (χ4v) is 2.86. The molecule has 0 atom stereocenters. The largest absolute Gasteiger partial charge is 0.347 e. The van der Waals surface area contributed by atoms with Gasteiger partial charge in [-0.05, 0) is 38.0 Å². The van der Waals surface area contributed by atoms with E-state index in [4.69, 9.17) is 11.6 Å². The second kappa shape index (κ2) is 4.99. The molecule has 1 aliphatic carbocycles. The zero-order valence-corrected chi connectivity index (χ0v) is 12.1. The van der Waals surface area contributed by atoms with Crippen molar-refractivity contribution in [1.82, 2.24) is 5.32 Å². The number of amides is 1. The third-order valence-corrected chi connectivity index (χ3v) is 4.12. The van der Waals surface area contributed by atoms with Crippen LogP contribution in [0, 0.1) is 0 Å². The summed E-state index contributed by atoms with van der Waals surface area (Å²) in [5.74, 6) is -0.0827. The monoisotopic (exact) mass is 315 g/mol. The average molecular weight is 317 g/mol. The molecule has 17 heavy (non-hydrogen) atoms. The Morgan fingerprint density at radius 3 is 2.71 bits per heavy atom. The summed E-state index contributed by atoms with van der Waals surface area (Å²) in [5, 5.41) is 3.59. The van der Waals surface area contributed by atoms with Crippen LogP contribution in [0.15, 0.2) is 22.7 Å². The van der Waals surface area contributed by atoms with Gasteiger partial charge in [0, 0.05) is 10.0 Å². The van der Waals surface area contributed by atoms with Gasteiger partial charge in [-0.15, -0.1) is 0 Å². The summed E-state index contributed by atoms with van der Waals surface area (Å²) in [6, 6.07) is 5.32. The third-order valence-electron chi connectivity index (χ3n) is 3.30. The van der Waals surface area contributed by atoms with E-state index in [1.807, 2.05) is 6.07 Å². The Morgan fingerprint density at radius 2 is 2.06 bits per heavy atom. The second-order valence-electron chi connectivity index (χ2n) is 4.85. The minimum absolute atomic E-state index is 0.0667. The maximum absolute atomic E-state index is 12.2. The molecular weight excluding hydrogens is 302 g/mol. The molecule has 2 rings (SSSR count). The minimum Gasteiger partial charge on any atom is -0.347 e. The van der Waals surface area contributed by atoms with Gasteiger partial charge in [0.25, 0.3) is 5.91 Å². The molecular formula is C13H15BrClNO. The van der Waals surface area contributed by atoms with E-state index >= 15 is 0 Å². The Hall–Kier alpha value is -0.540. The number of benzene rings is 1. The summed E-state index contributed by atoms with van der Waals surface area (Å²) in [6.45, 7) is 2.10. The quantitative estimate of drug-likeness (QED) is 0.872. The summed E-state index contributed by atoms with van der Waals surface area (Å²) in [7, 11) is 0. The van der Waals surface area contributed by atoms with Crippen molar-refractivity contribution in [3.63, 3.8) is 0 Å². The SMILES string of the molecule is CC1(NC(=O)c2cc(Br)ccc2Cl)CCCC1. The molecule has 0 unspecified atom stereocenters. The molecule has 1 fully saturated rings. The van der Waals surface area contributed by atoms with Crippen LogP contribution in [-0.2, 0) is 0 Å². The van der Waals surface area contributed by atoms with E-state index in [0.717, 1.165) is 17.3 Å². The molecule has 4 heteroatoms. The highest BCUT2D eigenvalue weighted by Gasteiger charge is 2.30. The van der Waals surface area contributed by atoms with Crippen molar-refractivity contribution in [2.24, 2.45) is 0 Å². The predicted molar refractivity (Wildman–Crippen MR) is 73.5 cm³/mol. The molecule has 1 saturated carbocycles. The average Bonchev–Trinajstić information content (AvgIpc) is 2.68. The smallest absolute Gasteiger partial charge is 0.253 e. The molecule has 1 aromatic rings. The van der Waals surface area contributed by atoms with Crippen molar-refractivity contribution in [2.75, 3.05) is 0 Å². The molecule has 2 nitrogen and oxygen atoms in total. The first-order valence-electron chi connectivity index (χ1n) is 5.78. The third kappa shape index (κ3) is 3.02. The lowest BCUT2D eigenvalue weighted by Crippen LogP contribution is -2.43. The van der Waals surface area contributed by atoms with Gasteiger partial charge in [-0.1, -0.05) is 40.4 Å². The van der Waals surface area contributed by atoms with Gasteiger partial charge in [0.15, 0.2) is 0 Å². The molecule has 0 bridgehead atoms. The predicted octanol–water partition coefficient (Wildman–Crippen LogP) is 4.17. The Morgan fingerprint density at radius 1 is 1.41 bits per heavy atom. The first-order chi connectivity index (χ1) is 8.00. The Labute approximate surface area is 115 Å². The zero-order valence-electron chi connectivity index (χ0n) is 9.72. The molecule has 92 valence electrons. The Kier molecular flexibility index (Phi) is 3.79. The van der Waals surface area contributed by atoms with Crippen LogP contribution in [0.3, 0.4) is 0 Å². The molecule has 0 radical (unpaired) electrons. The first-order valence-corrected chi connectivity index (χ1v) is 6.95. The number of nitrogens with one attached hydrogen (secondary N) is 1. The maximum Gasteiger partial charge on any atom is 0.253 e. The molecule has 1 N–H and O–H groups in total. The van der Waals surface area contributed by atoms with Crippen molar-refractivity contribution in [3.05, 3.63) is 33.3 Å². The summed E-state index contributed by atoms with van der Waals surface area (Å²) in [5.41, 5.74) is 0.470. The highest BCUT2D eigenvalue weighted by atomic mass is 79.9. The summed E-state index contributed by atoms with van der Waals surface area (Å²) in [4.78, 5) is 12.2. The van der Waals surface area contributed by atoms with Crippen molar-refractivity contribution in [1.29, 1.82) is 0 Å². The van der Waals surface area contributed by atoms with E-state index < -0.39 is 0 Å². The van der Waals surface area contributed by atoms with Gasteiger partial charge < -0.3 is 5.32 Å². The molecule has 1 aromatic carbocycles. The van der Waals surface area contributed by atoms with Crippen LogP contribution in [0.5, 0.6) is 0 Å². The lowest BCUT2D eigenvalue weighted by Gasteiger charge is -2.25. The van der Waals surface area contributed by atoms with Gasteiger partial charge in [0.1, 0.15) is 0 Å². The van der Waals surface area contributed by atoms with E-state index in [1.165, 1.54) is 12.8 Å². The van der Waals surface area contributed by atoms with Crippen LogP contribution >= 0.6 is 27.5 Å². The molecule has 0 saturated heterocycles. The molecule has 1 aliphatic rings. The van der Waals surface area contributed by atoms with Gasteiger partial charge >= 0.3 is 0 Å². The highest BCUT2D eigenvalue weighted by molar-refractivity contribution is 9.10. The number of hydrogen-bond donors (Lipinski definition) is 1. The molecule has 0 aromatic heterocycles. The second-order valence-corrected chi connectivity index (χ2v) is 6.17. The van der Waals surface area contributed by atoms with Gasteiger partial charge in [-0.3, -0.25) is 4.79 Å². The van der Waals surface area contributed by atoms with Crippen LogP contribution in [0.2, 0.25) is 5.02 Å². The number of hydrogen-bond acceptors (Lipinski definition) is 1. The molecule has 0 heterocycles. The minimum atomic E-state index is -0.0827.